The Morgan fingerprint density at radius 2 is 1.86 bits per heavy atom. The fraction of sp³-hybridized carbons (Fsp3) is 0.412. The first kappa shape index (κ1) is 14.5. The lowest BCUT2D eigenvalue weighted by molar-refractivity contribution is 0.346. The summed E-state index contributed by atoms with van der Waals surface area (Å²) in [5.41, 5.74) is 2.48. The lowest BCUT2D eigenvalue weighted by atomic mass is 9.94. The minimum Gasteiger partial charge on any atom is -0.312 e. The maximum atomic E-state index is 11.3. The van der Waals surface area contributed by atoms with Gasteiger partial charge in [0.05, 0.1) is 11.5 Å². The third-order valence-corrected chi connectivity index (χ3v) is 6.59. The van der Waals surface area contributed by atoms with E-state index in [2.05, 4.69) is 48.6 Å². The van der Waals surface area contributed by atoms with Crippen molar-refractivity contribution in [2.75, 3.05) is 18.1 Å². The normalized spacial score (nSPS) is 19.3. The van der Waals surface area contributed by atoms with Crippen molar-refractivity contribution in [3.05, 3.63) is 47.5 Å². The summed E-state index contributed by atoms with van der Waals surface area (Å²) >= 11 is 0. The molecule has 0 saturated carbocycles. The van der Waals surface area contributed by atoms with E-state index in [1.54, 1.807) is 0 Å². The maximum absolute atomic E-state index is 11.3. The fourth-order valence-electron chi connectivity index (χ4n) is 3.28. The molecule has 21 heavy (non-hydrogen) atoms. The van der Waals surface area contributed by atoms with Crippen molar-refractivity contribution in [3.63, 3.8) is 0 Å². The highest BCUT2D eigenvalue weighted by Crippen LogP contribution is 2.31. The van der Waals surface area contributed by atoms with Gasteiger partial charge < -0.3 is 5.32 Å². The van der Waals surface area contributed by atoms with E-state index in [4.69, 9.17) is 0 Å². The maximum Gasteiger partial charge on any atom is 0.151 e. The number of aryl methyl sites for hydroxylation is 1. The van der Waals surface area contributed by atoms with Crippen LogP contribution >= 0.6 is 0 Å². The summed E-state index contributed by atoms with van der Waals surface area (Å²) in [7, 11) is -2.76. The summed E-state index contributed by atoms with van der Waals surface area (Å²) < 4.78 is 22.6. The minimum atomic E-state index is -2.76. The number of hydrogen-bond donors (Lipinski definition) is 1. The van der Waals surface area contributed by atoms with E-state index < -0.39 is 9.84 Å². The van der Waals surface area contributed by atoms with Gasteiger partial charge in [0.2, 0.25) is 0 Å². The fourth-order valence-corrected chi connectivity index (χ4v) is 5.53. The lowest BCUT2D eigenvalue weighted by Crippen LogP contribution is -2.51. The van der Waals surface area contributed by atoms with Gasteiger partial charge in [0.25, 0.3) is 0 Å². The molecular formula is C17H21NO2S. The monoisotopic (exact) mass is 303 g/mol. The van der Waals surface area contributed by atoms with Gasteiger partial charge in [-0.05, 0) is 28.8 Å². The Morgan fingerprint density at radius 3 is 2.57 bits per heavy atom. The van der Waals surface area contributed by atoms with Crippen molar-refractivity contribution in [1.82, 2.24) is 5.32 Å². The van der Waals surface area contributed by atoms with E-state index in [1.165, 1.54) is 21.9 Å². The summed E-state index contributed by atoms with van der Waals surface area (Å²) in [5.74, 6) is 0.618. The van der Waals surface area contributed by atoms with Crippen LogP contribution in [0.25, 0.3) is 10.8 Å². The van der Waals surface area contributed by atoms with Gasteiger partial charge in [-0.3, -0.25) is 0 Å². The van der Waals surface area contributed by atoms with Crippen LogP contribution in [-0.4, -0.2) is 26.5 Å². The average molecular weight is 303 g/mol. The molecule has 4 heteroatoms. The first-order valence-corrected chi connectivity index (χ1v) is 9.09. The van der Waals surface area contributed by atoms with Crippen molar-refractivity contribution >= 4 is 20.6 Å². The molecule has 2 aromatic carbocycles. The molecule has 1 aliphatic heterocycles. The predicted octanol–water partition coefficient (Wildman–Crippen LogP) is 2.67. The molecule has 0 amide bonds. The van der Waals surface area contributed by atoms with Gasteiger partial charge in [-0.1, -0.05) is 43.3 Å². The Labute approximate surface area is 126 Å². The average Bonchev–Trinajstić information content (AvgIpc) is 2.39. The van der Waals surface area contributed by atoms with E-state index in [-0.39, 0.29) is 5.41 Å². The van der Waals surface area contributed by atoms with Crippen LogP contribution in [0.5, 0.6) is 0 Å². The number of sulfone groups is 1. The molecule has 0 unspecified atom stereocenters. The molecule has 1 fully saturated rings. The quantitative estimate of drug-likeness (QED) is 0.944. The zero-order valence-corrected chi connectivity index (χ0v) is 13.3. The lowest BCUT2D eigenvalue weighted by Gasteiger charge is -2.37. The molecule has 1 saturated heterocycles. The standard InChI is InChI=1S/C17H21NO2S/c1-13-15(8-7-14-5-3-4-6-16(13)14)9-18-10-17(2)11-21(19,20)12-17/h3-8,18H,9-12H2,1-2H3. The summed E-state index contributed by atoms with van der Waals surface area (Å²) in [6, 6.07) is 12.7. The van der Waals surface area contributed by atoms with E-state index in [1.807, 2.05) is 6.92 Å². The smallest absolute Gasteiger partial charge is 0.151 e. The Kier molecular flexibility index (Phi) is 3.54. The molecule has 1 aliphatic rings. The Morgan fingerprint density at radius 1 is 1.14 bits per heavy atom. The third-order valence-electron chi connectivity index (χ3n) is 4.31. The number of benzene rings is 2. The van der Waals surface area contributed by atoms with Crippen molar-refractivity contribution in [1.29, 1.82) is 0 Å². The molecular weight excluding hydrogens is 282 g/mol. The second-order valence-corrected chi connectivity index (χ2v) is 8.58. The van der Waals surface area contributed by atoms with Crippen LogP contribution in [0.3, 0.4) is 0 Å². The number of nitrogens with one attached hydrogen (secondary N) is 1. The van der Waals surface area contributed by atoms with Gasteiger partial charge in [0.1, 0.15) is 0 Å². The second-order valence-electron chi connectivity index (χ2n) is 6.52. The molecule has 2 aromatic rings. The van der Waals surface area contributed by atoms with Crippen LogP contribution in [0.15, 0.2) is 36.4 Å². The molecule has 112 valence electrons. The van der Waals surface area contributed by atoms with Crippen molar-refractivity contribution in [2.45, 2.75) is 20.4 Å². The largest absolute Gasteiger partial charge is 0.312 e. The van der Waals surface area contributed by atoms with E-state index in [0.717, 1.165) is 13.1 Å². The van der Waals surface area contributed by atoms with Crippen molar-refractivity contribution < 1.29 is 8.42 Å². The molecule has 0 aromatic heterocycles. The van der Waals surface area contributed by atoms with Crippen LogP contribution in [0, 0.1) is 12.3 Å². The molecule has 1 N–H and O–H groups in total. The zero-order valence-electron chi connectivity index (χ0n) is 12.5. The summed E-state index contributed by atoms with van der Waals surface area (Å²) in [5, 5.41) is 5.97. The third kappa shape index (κ3) is 2.97. The van der Waals surface area contributed by atoms with Gasteiger partial charge in [-0.25, -0.2) is 8.42 Å². The van der Waals surface area contributed by atoms with Gasteiger partial charge in [0, 0.05) is 18.5 Å². The molecule has 0 spiro atoms. The first-order chi connectivity index (χ1) is 9.89. The highest BCUT2D eigenvalue weighted by Gasteiger charge is 2.44. The summed E-state index contributed by atoms with van der Waals surface area (Å²) in [4.78, 5) is 0. The molecule has 0 radical (unpaired) electrons. The minimum absolute atomic E-state index is 0.0937. The molecule has 1 heterocycles. The highest BCUT2D eigenvalue weighted by molar-refractivity contribution is 7.92. The Balaban J connectivity index is 1.68. The molecule has 0 atom stereocenters. The Bertz CT molecular complexity index is 768. The SMILES string of the molecule is Cc1c(CNCC2(C)CS(=O)(=O)C2)ccc2ccccc12. The Hall–Kier alpha value is -1.39. The number of hydrogen-bond acceptors (Lipinski definition) is 3. The molecule has 0 bridgehead atoms. The number of rotatable bonds is 4. The van der Waals surface area contributed by atoms with Crippen molar-refractivity contribution in [3.8, 4) is 0 Å². The summed E-state index contributed by atoms with van der Waals surface area (Å²) in [6.45, 7) is 5.72. The van der Waals surface area contributed by atoms with Crippen LogP contribution in [-0.2, 0) is 16.4 Å². The number of fused-ring (bicyclic) bond motifs is 1. The van der Waals surface area contributed by atoms with Crippen LogP contribution < -0.4 is 5.32 Å². The molecule has 0 aliphatic carbocycles. The van der Waals surface area contributed by atoms with Crippen LogP contribution in [0.4, 0.5) is 0 Å². The summed E-state index contributed by atoms with van der Waals surface area (Å²) in [6.07, 6.45) is 0. The van der Waals surface area contributed by atoms with E-state index >= 15 is 0 Å². The van der Waals surface area contributed by atoms with Crippen LogP contribution in [0.1, 0.15) is 18.1 Å². The molecule has 3 nitrogen and oxygen atoms in total. The van der Waals surface area contributed by atoms with Gasteiger partial charge in [0.15, 0.2) is 9.84 Å². The van der Waals surface area contributed by atoms with Gasteiger partial charge >= 0.3 is 0 Å². The zero-order chi connectivity index (χ0) is 15.1. The first-order valence-electron chi connectivity index (χ1n) is 7.27. The van der Waals surface area contributed by atoms with Gasteiger partial charge in [-0.15, -0.1) is 0 Å². The van der Waals surface area contributed by atoms with Gasteiger partial charge in [-0.2, -0.15) is 0 Å². The topological polar surface area (TPSA) is 46.2 Å². The molecule has 3 rings (SSSR count). The van der Waals surface area contributed by atoms with E-state index in [9.17, 15) is 8.42 Å². The predicted molar refractivity (Wildman–Crippen MR) is 87.2 cm³/mol. The van der Waals surface area contributed by atoms with E-state index in [0.29, 0.717) is 11.5 Å². The van der Waals surface area contributed by atoms with Crippen LogP contribution in [0.2, 0.25) is 0 Å². The second kappa shape index (κ2) is 5.11. The van der Waals surface area contributed by atoms with Crippen molar-refractivity contribution in [2.24, 2.45) is 5.41 Å². The highest BCUT2D eigenvalue weighted by atomic mass is 32.2.